The highest BCUT2D eigenvalue weighted by atomic mass is 15.2. The van der Waals surface area contributed by atoms with E-state index in [9.17, 15) is 0 Å². The van der Waals surface area contributed by atoms with E-state index in [-0.39, 0.29) is 5.54 Å². The van der Waals surface area contributed by atoms with Crippen molar-refractivity contribution < 1.29 is 0 Å². The van der Waals surface area contributed by atoms with Crippen LogP contribution in [0.4, 0.5) is 0 Å². The Morgan fingerprint density at radius 2 is 1.88 bits per heavy atom. The van der Waals surface area contributed by atoms with E-state index in [1.165, 1.54) is 24.8 Å². The van der Waals surface area contributed by atoms with E-state index in [1.807, 2.05) is 0 Å². The van der Waals surface area contributed by atoms with Crippen LogP contribution in [0.1, 0.15) is 38.7 Å². The van der Waals surface area contributed by atoms with Gasteiger partial charge in [0.15, 0.2) is 0 Å². The Bertz CT molecular complexity index is 310. The van der Waals surface area contributed by atoms with Gasteiger partial charge in [-0.1, -0.05) is 50.1 Å². The minimum absolute atomic E-state index is 0.117. The molecule has 2 heteroatoms. The van der Waals surface area contributed by atoms with Crippen LogP contribution in [0.15, 0.2) is 30.3 Å². The van der Waals surface area contributed by atoms with E-state index in [0.717, 1.165) is 13.1 Å². The molecule has 0 radical (unpaired) electrons. The molecule has 1 aromatic rings. The van der Waals surface area contributed by atoms with Crippen molar-refractivity contribution in [3.63, 3.8) is 0 Å². The second kappa shape index (κ2) is 6.77. The minimum Gasteiger partial charge on any atom is -0.329 e. The molecule has 0 spiro atoms. The predicted molar refractivity (Wildman–Crippen MR) is 74.9 cm³/mol. The third-order valence-electron chi connectivity index (χ3n) is 3.69. The van der Waals surface area contributed by atoms with Crippen molar-refractivity contribution in [3.05, 3.63) is 35.9 Å². The number of hydrogen-bond acceptors (Lipinski definition) is 2. The lowest BCUT2D eigenvalue weighted by atomic mass is 9.93. The lowest BCUT2D eigenvalue weighted by Gasteiger charge is -2.38. The Balaban J connectivity index is 2.63. The Morgan fingerprint density at radius 3 is 2.41 bits per heavy atom. The number of likely N-dealkylation sites (N-methyl/N-ethyl adjacent to an activating group) is 1. The number of unbranched alkanes of at least 4 members (excludes halogenated alkanes) is 1. The molecule has 2 N–H and O–H groups in total. The van der Waals surface area contributed by atoms with Crippen LogP contribution >= 0.6 is 0 Å². The first-order valence-corrected chi connectivity index (χ1v) is 6.57. The van der Waals surface area contributed by atoms with E-state index >= 15 is 0 Å². The van der Waals surface area contributed by atoms with E-state index in [2.05, 4.69) is 56.1 Å². The Kier molecular flexibility index (Phi) is 5.66. The minimum atomic E-state index is 0.117. The molecule has 0 aliphatic carbocycles. The summed E-state index contributed by atoms with van der Waals surface area (Å²) in [5, 5.41) is 0. The summed E-state index contributed by atoms with van der Waals surface area (Å²) in [6.45, 7) is 6.19. The number of hydrogen-bond donors (Lipinski definition) is 1. The van der Waals surface area contributed by atoms with E-state index in [4.69, 9.17) is 5.73 Å². The highest BCUT2D eigenvalue weighted by Crippen LogP contribution is 2.21. The van der Waals surface area contributed by atoms with Crippen molar-refractivity contribution in [3.8, 4) is 0 Å². The summed E-state index contributed by atoms with van der Waals surface area (Å²) in [7, 11) is 2.18. The SMILES string of the molecule is CCCCC(C)(CN)N(C)Cc1ccccc1. The van der Waals surface area contributed by atoms with Crippen LogP contribution in [0.3, 0.4) is 0 Å². The average Bonchev–Trinajstić information content (AvgIpc) is 2.37. The van der Waals surface area contributed by atoms with Crippen molar-refractivity contribution in [2.75, 3.05) is 13.6 Å². The summed E-state index contributed by atoms with van der Waals surface area (Å²) in [5.74, 6) is 0. The summed E-state index contributed by atoms with van der Waals surface area (Å²) < 4.78 is 0. The molecule has 1 atom stereocenters. The summed E-state index contributed by atoms with van der Waals surface area (Å²) in [6, 6.07) is 10.6. The normalized spacial score (nSPS) is 14.9. The molecule has 1 aromatic carbocycles. The van der Waals surface area contributed by atoms with Gasteiger partial charge in [-0.2, -0.15) is 0 Å². The maximum atomic E-state index is 5.96. The summed E-state index contributed by atoms with van der Waals surface area (Å²) in [5.41, 5.74) is 7.43. The third kappa shape index (κ3) is 4.14. The van der Waals surface area contributed by atoms with Crippen LogP contribution < -0.4 is 5.73 Å². The molecule has 0 aliphatic rings. The van der Waals surface area contributed by atoms with Gasteiger partial charge < -0.3 is 5.73 Å². The maximum Gasteiger partial charge on any atom is 0.0304 e. The topological polar surface area (TPSA) is 29.3 Å². The Hall–Kier alpha value is -0.860. The molecule has 0 bridgehead atoms. The van der Waals surface area contributed by atoms with Crippen molar-refractivity contribution in [2.24, 2.45) is 5.73 Å². The van der Waals surface area contributed by atoms with Crippen LogP contribution in [-0.4, -0.2) is 24.0 Å². The highest BCUT2D eigenvalue weighted by Gasteiger charge is 2.26. The monoisotopic (exact) mass is 234 g/mol. The van der Waals surface area contributed by atoms with Crippen LogP contribution in [-0.2, 0) is 6.54 Å². The number of rotatable bonds is 7. The lowest BCUT2D eigenvalue weighted by molar-refractivity contribution is 0.123. The van der Waals surface area contributed by atoms with Gasteiger partial charge in [-0.3, -0.25) is 4.90 Å². The van der Waals surface area contributed by atoms with Gasteiger partial charge in [0.1, 0.15) is 0 Å². The molecule has 0 heterocycles. The van der Waals surface area contributed by atoms with E-state index in [0.29, 0.717) is 0 Å². The zero-order valence-corrected chi connectivity index (χ0v) is 11.4. The molecule has 0 saturated carbocycles. The van der Waals surface area contributed by atoms with Crippen LogP contribution in [0.2, 0.25) is 0 Å². The van der Waals surface area contributed by atoms with Crippen molar-refractivity contribution in [2.45, 2.75) is 45.2 Å². The van der Waals surface area contributed by atoms with Crippen LogP contribution in [0, 0.1) is 0 Å². The Morgan fingerprint density at radius 1 is 1.24 bits per heavy atom. The molecule has 2 nitrogen and oxygen atoms in total. The first-order chi connectivity index (χ1) is 8.12. The predicted octanol–water partition coefficient (Wildman–Crippen LogP) is 3.03. The molecular weight excluding hydrogens is 208 g/mol. The van der Waals surface area contributed by atoms with Crippen molar-refractivity contribution in [1.29, 1.82) is 0 Å². The number of nitrogens with zero attached hydrogens (tertiary/aromatic N) is 1. The molecule has 0 saturated heterocycles. The van der Waals surface area contributed by atoms with Gasteiger partial charge in [0.25, 0.3) is 0 Å². The first kappa shape index (κ1) is 14.2. The average molecular weight is 234 g/mol. The molecule has 1 rings (SSSR count). The molecule has 0 amide bonds. The Labute approximate surface area is 106 Å². The zero-order valence-electron chi connectivity index (χ0n) is 11.4. The van der Waals surface area contributed by atoms with Gasteiger partial charge in [0, 0.05) is 18.6 Å². The van der Waals surface area contributed by atoms with Gasteiger partial charge in [-0.15, -0.1) is 0 Å². The van der Waals surface area contributed by atoms with Gasteiger partial charge in [0.05, 0.1) is 0 Å². The maximum absolute atomic E-state index is 5.96. The van der Waals surface area contributed by atoms with E-state index in [1.54, 1.807) is 0 Å². The number of benzene rings is 1. The molecule has 0 aromatic heterocycles. The zero-order chi connectivity index (χ0) is 12.7. The molecule has 1 unspecified atom stereocenters. The van der Waals surface area contributed by atoms with Crippen molar-refractivity contribution >= 4 is 0 Å². The summed E-state index contributed by atoms with van der Waals surface area (Å²) in [6.07, 6.45) is 3.64. The van der Waals surface area contributed by atoms with Crippen molar-refractivity contribution in [1.82, 2.24) is 4.90 Å². The molecular formula is C15H26N2. The quantitative estimate of drug-likeness (QED) is 0.786. The van der Waals surface area contributed by atoms with Gasteiger partial charge in [0.2, 0.25) is 0 Å². The molecule has 0 aliphatic heterocycles. The van der Waals surface area contributed by atoms with Crippen LogP contribution in [0.5, 0.6) is 0 Å². The fourth-order valence-electron chi connectivity index (χ4n) is 2.05. The summed E-state index contributed by atoms with van der Waals surface area (Å²) in [4.78, 5) is 2.39. The highest BCUT2D eigenvalue weighted by molar-refractivity contribution is 5.14. The van der Waals surface area contributed by atoms with Gasteiger partial charge in [-0.25, -0.2) is 0 Å². The third-order valence-corrected chi connectivity index (χ3v) is 3.69. The van der Waals surface area contributed by atoms with Crippen LogP contribution in [0.25, 0.3) is 0 Å². The lowest BCUT2D eigenvalue weighted by Crippen LogP contribution is -2.49. The smallest absolute Gasteiger partial charge is 0.0304 e. The van der Waals surface area contributed by atoms with E-state index < -0.39 is 0 Å². The van der Waals surface area contributed by atoms with Gasteiger partial charge >= 0.3 is 0 Å². The fourth-order valence-corrected chi connectivity index (χ4v) is 2.05. The molecule has 0 fully saturated rings. The molecule has 96 valence electrons. The fraction of sp³-hybridized carbons (Fsp3) is 0.600. The molecule has 17 heavy (non-hydrogen) atoms. The second-order valence-corrected chi connectivity index (χ2v) is 5.15. The first-order valence-electron chi connectivity index (χ1n) is 6.57. The second-order valence-electron chi connectivity index (χ2n) is 5.15. The largest absolute Gasteiger partial charge is 0.329 e. The number of nitrogens with two attached hydrogens (primary N) is 1. The standard InChI is InChI=1S/C15H26N2/c1-4-5-11-15(2,13-16)17(3)12-14-9-7-6-8-10-14/h6-10H,4-5,11-13,16H2,1-3H3. The summed E-state index contributed by atoms with van der Waals surface area (Å²) >= 11 is 0. The van der Waals surface area contributed by atoms with Gasteiger partial charge in [-0.05, 0) is 26.0 Å².